The van der Waals surface area contributed by atoms with Gasteiger partial charge in [0.1, 0.15) is 12.4 Å². The van der Waals surface area contributed by atoms with Crippen LogP contribution in [0, 0.1) is 0 Å². The van der Waals surface area contributed by atoms with Crippen LogP contribution < -0.4 is 4.57 Å². The second kappa shape index (κ2) is 10.4. The molecule has 1 N–H and O–H groups in total. The van der Waals surface area contributed by atoms with E-state index in [1.165, 1.54) is 37.9 Å². The Balaban J connectivity index is 2.54. The van der Waals surface area contributed by atoms with Gasteiger partial charge in [0.15, 0.2) is 0 Å². The lowest BCUT2D eigenvalue weighted by Gasteiger charge is -2.05. The largest absolute Gasteiger partial charge is 0.481 e. The van der Waals surface area contributed by atoms with Gasteiger partial charge >= 0.3 is 5.97 Å². The molecule has 0 amide bonds. The second-order valence-corrected chi connectivity index (χ2v) is 5.76. The van der Waals surface area contributed by atoms with Crippen LogP contribution in [0.4, 0.5) is 0 Å². The summed E-state index contributed by atoms with van der Waals surface area (Å²) in [7, 11) is 0. The molecular weight excluding hydrogens is 264 g/mol. The molecule has 0 aliphatic heterocycles. The van der Waals surface area contributed by atoms with Gasteiger partial charge in [-0.25, -0.2) is 9.13 Å². The average Bonchev–Trinajstić information content (AvgIpc) is 2.81. The number of carboxylic acids is 1. The van der Waals surface area contributed by atoms with E-state index in [9.17, 15) is 4.79 Å². The first kappa shape index (κ1) is 17.7. The molecule has 0 aliphatic rings. The lowest BCUT2D eigenvalue weighted by Crippen LogP contribution is -2.37. The lowest BCUT2D eigenvalue weighted by atomic mass is 10.1. The summed E-state index contributed by atoms with van der Waals surface area (Å²) in [6.07, 6.45) is 13.9. The Hall–Kier alpha value is -1.32. The zero-order valence-electron chi connectivity index (χ0n) is 13.7. The van der Waals surface area contributed by atoms with Crippen molar-refractivity contribution in [2.45, 2.75) is 84.7 Å². The molecule has 1 heterocycles. The summed E-state index contributed by atoms with van der Waals surface area (Å²) in [5.74, 6) is 0.656. The zero-order valence-corrected chi connectivity index (χ0v) is 13.7. The number of hydrogen-bond donors (Lipinski definition) is 1. The number of hydrogen-bond acceptors (Lipinski definition) is 1. The Kier molecular flexibility index (Phi) is 8.79. The molecule has 4 heteroatoms. The Morgan fingerprint density at radius 3 is 2.57 bits per heavy atom. The number of aromatic nitrogens is 2. The highest BCUT2D eigenvalue weighted by atomic mass is 16.4. The monoisotopic (exact) mass is 295 g/mol. The van der Waals surface area contributed by atoms with Crippen molar-refractivity contribution in [3.63, 3.8) is 0 Å². The van der Waals surface area contributed by atoms with Gasteiger partial charge in [0.2, 0.25) is 0 Å². The fourth-order valence-electron chi connectivity index (χ4n) is 2.72. The second-order valence-electron chi connectivity index (χ2n) is 5.76. The average molecular weight is 295 g/mol. The predicted molar refractivity (Wildman–Crippen MR) is 84.3 cm³/mol. The molecule has 0 unspecified atom stereocenters. The van der Waals surface area contributed by atoms with Gasteiger partial charge in [-0.2, -0.15) is 0 Å². The molecular formula is C17H31N2O2+. The molecule has 0 saturated heterocycles. The first-order valence-corrected chi connectivity index (χ1v) is 8.48. The number of aliphatic carboxylic acids is 1. The van der Waals surface area contributed by atoms with E-state index >= 15 is 0 Å². The SMILES string of the molecule is CCCCCCCc1n(CCCC(=O)O)cc[n+]1CCC. The highest BCUT2D eigenvalue weighted by Gasteiger charge is 2.16. The highest BCUT2D eigenvalue weighted by Crippen LogP contribution is 2.08. The van der Waals surface area contributed by atoms with Crippen LogP contribution in [0.25, 0.3) is 0 Å². The minimum absolute atomic E-state index is 0.252. The molecule has 0 atom stereocenters. The summed E-state index contributed by atoms with van der Waals surface area (Å²) in [5.41, 5.74) is 0. The molecule has 0 fully saturated rings. The summed E-state index contributed by atoms with van der Waals surface area (Å²) in [5, 5.41) is 8.76. The third-order valence-corrected chi connectivity index (χ3v) is 3.85. The topological polar surface area (TPSA) is 46.1 Å². The molecule has 1 aromatic rings. The fraction of sp³-hybridized carbons (Fsp3) is 0.765. The molecule has 0 aliphatic carbocycles. The fourth-order valence-corrected chi connectivity index (χ4v) is 2.72. The van der Waals surface area contributed by atoms with Crippen molar-refractivity contribution in [3.05, 3.63) is 18.2 Å². The molecule has 0 spiro atoms. The Bertz CT molecular complexity index is 413. The van der Waals surface area contributed by atoms with Gasteiger partial charge in [0, 0.05) is 12.8 Å². The molecule has 1 aromatic heterocycles. The molecule has 0 bridgehead atoms. The van der Waals surface area contributed by atoms with Crippen molar-refractivity contribution in [2.75, 3.05) is 0 Å². The van der Waals surface area contributed by atoms with Crippen LogP contribution in [0.3, 0.4) is 0 Å². The van der Waals surface area contributed by atoms with E-state index in [4.69, 9.17) is 5.11 Å². The third-order valence-electron chi connectivity index (χ3n) is 3.85. The van der Waals surface area contributed by atoms with Crippen LogP contribution in [0.2, 0.25) is 0 Å². The molecule has 1 rings (SSSR count). The normalized spacial score (nSPS) is 11.0. The number of rotatable bonds is 12. The number of nitrogens with zero attached hydrogens (tertiary/aromatic N) is 2. The summed E-state index contributed by atoms with van der Waals surface area (Å²) in [4.78, 5) is 10.6. The molecule has 21 heavy (non-hydrogen) atoms. The molecule has 0 saturated carbocycles. The molecule has 0 aromatic carbocycles. The lowest BCUT2D eigenvalue weighted by molar-refractivity contribution is -0.703. The predicted octanol–water partition coefficient (Wildman–Crippen LogP) is 3.56. The Morgan fingerprint density at radius 1 is 1.14 bits per heavy atom. The van der Waals surface area contributed by atoms with Gasteiger partial charge in [0.05, 0.1) is 13.1 Å². The van der Waals surface area contributed by atoms with Crippen molar-refractivity contribution >= 4 is 5.97 Å². The first-order valence-electron chi connectivity index (χ1n) is 8.48. The number of aryl methyl sites for hydroxylation is 2. The van der Waals surface area contributed by atoms with Crippen molar-refractivity contribution in [1.82, 2.24) is 4.57 Å². The van der Waals surface area contributed by atoms with Crippen LogP contribution >= 0.6 is 0 Å². The van der Waals surface area contributed by atoms with E-state index in [-0.39, 0.29) is 6.42 Å². The summed E-state index contributed by atoms with van der Waals surface area (Å²) in [6.45, 7) is 6.30. The summed E-state index contributed by atoms with van der Waals surface area (Å²) < 4.78 is 4.58. The first-order chi connectivity index (χ1) is 10.2. The molecule has 4 nitrogen and oxygen atoms in total. The quantitative estimate of drug-likeness (QED) is 0.473. The van der Waals surface area contributed by atoms with Crippen LogP contribution in [0.15, 0.2) is 12.4 Å². The number of unbranched alkanes of at least 4 members (excludes halogenated alkanes) is 4. The van der Waals surface area contributed by atoms with E-state index in [0.29, 0.717) is 6.42 Å². The Morgan fingerprint density at radius 2 is 1.90 bits per heavy atom. The number of carbonyl (C=O) groups is 1. The van der Waals surface area contributed by atoms with Crippen LogP contribution in [-0.4, -0.2) is 15.6 Å². The maximum absolute atomic E-state index is 10.6. The summed E-state index contributed by atoms with van der Waals surface area (Å²) >= 11 is 0. The van der Waals surface area contributed by atoms with Gasteiger partial charge in [-0.1, -0.05) is 39.5 Å². The third kappa shape index (κ3) is 6.78. The summed E-state index contributed by atoms with van der Waals surface area (Å²) in [6, 6.07) is 0. The maximum Gasteiger partial charge on any atom is 0.303 e. The standard InChI is InChI=1S/C17H30N2O2/c1-3-5-6-7-8-10-16-18(12-4-2)14-15-19(16)13-9-11-17(20)21/h14-15H,3-13H2,1-2H3/p+1. The van der Waals surface area contributed by atoms with E-state index < -0.39 is 5.97 Å². The number of carboxylic acid groups (broad SMARTS) is 1. The van der Waals surface area contributed by atoms with Gasteiger partial charge in [0.25, 0.3) is 5.82 Å². The molecule has 120 valence electrons. The van der Waals surface area contributed by atoms with Gasteiger partial charge < -0.3 is 5.11 Å². The van der Waals surface area contributed by atoms with Crippen molar-refractivity contribution in [2.24, 2.45) is 0 Å². The Labute approximate surface area is 128 Å². The minimum atomic E-state index is -0.704. The van der Waals surface area contributed by atoms with Crippen LogP contribution in [0.1, 0.15) is 71.0 Å². The van der Waals surface area contributed by atoms with E-state index in [2.05, 4.69) is 35.4 Å². The van der Waals surface area contributed by atoms with Crippen molar-refractivity contribution in [1.29, 1.82) is 0 Å². The van der Waals surface area contributed by atoms with Crippen LogP contribution in [0.5, 0.6) is 0 Å². The van der Waals surface area contributed by atoms with Crippen LogP contribution in [-0.2, 0) is 24.3 Å². The van der Waals surface area contributed by atoms with Gasteiger partial charge in [-0.15, -0.1) is 0 Å². The minimum Gasteiger partial charge on any atom is -0.481 e. The van der Waals surface area contributed by atoms with E-state index in [1.54, 1.807) is 0 Å². The maximum atomic E-state index is 10.6. The number of imidazole rings is 1. The van der Waals surface area contributed by atoms with E-state index in [0.717, 1.165) is 25.9 Å². The molecule has 0 radical (unpaired) electrons. The van der Waals surface area contributed by atoms with Crippen molar-refractivity contribution in [3.8, 4) is 0 Å². The smallest absolute Gasteiger partial charge is 0.303 e. The van der Waals surface area contributed by atoms with Gasteiger partial charge in [-0.3, -0.25) is 4.79 Å². The zero-order chi connectivity index (χ0) is 15.5. The van der Waals surface area contributed by atoms with Crippen molar-refractivity contribution < 1.29 is 14.5 Å². The van der Waals surface area contributed by atoms with Gasteiger partial charge in [-0.05, 0) is 19.3 Å². The highest BCUT2D eigenvalue weighted by molar-refractivity contribution is 5.66. The van der Waals surface area contributed by atoms with E-state index in [1.807, 2.05) is 0 Å².